The first kappa shape index (κ1) is 18.1. The van der Waals surface area contributed by atoms with Crippen molar-refractivity contribution in [1.82, 2.24) is 15.0 Å². The Kier molecular flexibility index (Phi) is 5.22. The molecule has 4 rings (SSSR count). The molecule has 3 heterocycles. The zero-order valence-corrected chi connectivity index (χ0v) is 17.0. The Morgan fingerprint density at radius 2 is 1.93 bits per heavy atom. The van der Waals surface area contributed by atoms with Crippen molar-refractivity contribution < 1.29 is 4.74 Å². The van der Waals surface area contributed by atoms with Gasteiger partial charge in [0.25, 0.3) is 0 Å². The SMILES string of the molecule is CC1CN(c2ccc(CNc3ncnc4ccc(Br)cc34)cn2)CC(C)O1. The van der Waals surface area contributed by atoms with E-state index in [2.05, 4.69) is 67.1 Å². The summed E-state index contributed by atoms with van der Waals surface area (Å²) in [5, 5.41) is 4.39. The van der Waals surface area contributed by atoms with Crippen molar-refractivity contribution in [3.8, 4) is 0 Å². The van der Waals surface area contributed by atoms with Crippen LogP contribution in [-0.4, -0.2) is 40.2 Å². The number of hydrogen-bond donors (Lipinski definition) is 1. The van der Waals surface area contributed by atoms with Crippen molar-refractivity contribution in [2.24, 2.45) is 0 Å². The van der Waals surface area contributed by atoms with Gasteiger partial charge in [-0.15, -0.1) is 0 Å². The second kappa shape index (κ2) is 7.78. The minimum atomic E-state index is 0.224. The summed E-state index contributed by atoms with van der Waals surface area (Å²) in [4.78, 5) is 15.6. The number of rotatable bonds is 4. The zero-order chi connectivity index (χ0) is 18.8. The number of ether oxygens (including phenoxy) is 1. The molecule has 0 aliphatic carbocycles. The van der Waals surface area contributed by atoms with Crippen LogP contribution >= 0.6 is 15.9 Å². The number of nitrogens with zero attached hydrogens (tertiary/aromatic N) is 4. The lowest BCUT2D eigenvalue weighted by atomic mass is 10.2. The van der Waals surface area contributed by atoms with E-state index in [-0.39, 0.29) is 12.2 Å². The number of benzene rings is 1. The summed E-state index contributed by atoms with van der Waals surface area (Å²) in [6.45, 7) is 6.60. The molecule has 2 atom stereocenters. The van der Waals surface area contributed by atoms with Crippen LogP contribution in [0.5, 0.6) is 0 Å². The van der Waals surface area contributed by atoms with E-state index in [1.54, 1.807) is 6.33 Å². The summed E-state index contributed by atoms with van der Waals surface area (Å²) >= 11 is 3.51. The average molecular weight is 428 g/mol. The lowest BCUT2D eigenvalue weighted by Crippen LogP contribution is -2.45. The van der Waals surface area contributed by atoms with Crippen LogP contribution in [0.1, 0.15) is 19.4 Å². The second-order valence-electron chi connectivity index (χ2n) is 6.92. The molecule has 0 spiro atoms. The van der Waals surface area contributed by atoms with Crippen LogP contribution in [-0.2, 0) is 11.3 Å². The molecule has 0 bridgehead atoms. The molecule has 1 saturated heterocycles. The molecule has 140 valence electrons. The van der Waals surface area contributed by atoms with Crippen molar-refractivity contribution in [3.63, 3.8) is 0 Å². The quantitative estimate of drug-likeness (QED) is 0.678. The van der Waals surface area contributed by atoms with Gasteiger partial charge in [0.2, 0.25) is 0 Å². The van der Waals surface area contributed by atoms with Crippen LogP contribution in [0.3, 0.4) is 0 Å². The number of morpholine rings is 1. The fourth-order valence-corrected chi connectivity index (χ4v) is 3.79. The van der Waals surface area contributed by atoms with E-state index in [0.717, 1.165) is 45.7 Å². The number of pyridine rings is 1. The molecule has 2 unspecified atom stereocenters. The lowest BCUT2D eigenvalue weighted by Gasteiger charge is -2.36. The molecule has 1 fully saturated rings. The van der Waals surface area contributed by atoms with E-state index in [0.29, 0.717) is 6.54 Å². The third-order valence-electron chi connectivity index (χ3n) is 4.61. The van der Waals surface area contributed by atoms with Crippen molar-refractivity contribution >= 4 is 38.5 Å². The highest BCUT2D eigenvalue weighted by molar-refractivity contribution is 9.10. The average Bonchev–Trinajstić information content (AvgIpc) is 2.66. The summed E-state index contributed by atoms with van der Waals surface area (Å²) < 4.78 is 6.81. The number of anilines is 2. The summed E-state index contributed by atoms with van der Waals surface area (Å²) in [5.41, 5.74) is 2.02. The predicted octanol–water partition coefficient (Wildman–Crippen LogP) is 4.01. The van der Waals surface area contributed by atoms with Gasteiger partial charge in [0.05, 0.1) is 17.7 Å². The van der Waals surface area contributed by atoms with Crippen LogP contribution in [0.15, 0.2) is 47.3 Å². The summed E-state index contributed by atoms with van der Waals surface area (Å²) in [6.07, 6.45) is 3.96. The van der Waals surface area contributed by atoms with Gasteiger partial charge in [-0.05, 0) is 43.7 Å². The molecule has 0 amide bonds. The topological polar surface area (TPSA) is 63.2 Å². The number of aromatic nitrogens is 3. The minimum absolute atomic E-state index is 0.224. The highest BCUT2D eigenvalue weighted by Gasteiger charge is 2.22. The van der Waals surface area contributed by atoms with Gasteiger partial charge in [-0.2, -0.15) is 0 Å². The monoisotopic (exact) mass is 427 g/mol. The Morgan fingerprint density at radius 3 is 2.67 bits per heavy atom. The highest BCUT2D eigenvalue weighted by Crippen LogP contribution is 2.24. The van der Waals surface area contributed by atoms with E-state index in [1.165, 1.54) is 0 Å². The van der Waals surface area contributed by atoms with Crippen molar-refractivity contribution in [2.75, 3.05) is 23.3 Å². The number of halogens is 1. The summed E-state index contributed by atoms with van der Waals surface area (Å²) in [6, 6.07) is 10.2. The Morgan fingerprint density at radius 1 is 1.11 bits per heavy atom. The van der Waals surface area contributed by atoms with Crippen LogP contribution in [0, 0.1) is 0 Å². The Hall–Kier alpha value is -2.25. The Labute approximate surface area is 167 Å². The molecule has 6 nitrogen and oxygen atoms in total. The van der Waals surface area contributed by atoms with Crippen LogP contribution in [0.4, 0.5) is 11.6 Å². The van der Waals surface area contributed by atoms with Crippen LogP contribution in [0.25, 0.3) is 10.9 Å². The highest BCUT2D eigenvalue weighted by atomic mass is 79.9. The predicted molar refractivity (Wildman–Crippen MR) is 111 cm³/mol. The number of hydrogen-bond acceptors (Lipinski definition) is 6. The molecular formula is C20H22BrN5O. The molecule has 3 aromatic rings. The van der Waals surface area contributed by atoms with Gasteiger partial charge >= 0.3 is 0 Å². The van der Waals surface area contributed by atoms with Crippen molar-refractivity contribution in [1.29, 1.82) is 0 Å². The molecule has 7 heteroatoms. The first-order valence-electron chi connectivity index (χ1n) is 9.08. The van der Waals surface area contributed by atoms with E-state index in [4.69, 9.17) is 4.74 Å². The van der Waals surface area contributed by atoms with Gasteiger partial charge in [-0.25, -0.2) is 15.0 Å². The van der Waals surface area contributed by atoms with Crippen LogP contribution < -0.4 is 10.2 Å². The molecule has 0 radical (unpaired) electrons. The fraction of sp³-hybridized carbons (Fsp3) is 0.350. The van der Waals surface area contributed by atoms with Gasteiger partial charge in [0, 0.05) is 35.7 Å². The fourth-order valence-electron chi connectivity index (χ4n) is 3.43. The van der Waals surface area contributed by atoms with Crippen molar-refractivity contribution in [3.05, 3.63) is 52.9 Å². The number of fused-ring (bicyclic) bond motifs is 1. The molecular weight excluding hydrogens is 406 g/mol. The first-order chi connectivity index (χ1) is 13.1. The van der Waals surface area contributed by atoms with Gasteiger partial charge in [-0.1, -0.05) is 22.0 Å². The van der Waals surface area contributed by atoms with Gasteiger partial charge in [-0.3, -0.25) is 0 Å². The third kappa shape index (κ3) is 4.20. The maximum atomic E-state index is 5.80. The second-order valence-corrected chi connectivity index (χ2v) is 7.84. The van der Waals surface area contributed by atoms with Gasteiger partial charge in [0.15, 0.2) is 0 Å². The van der Waals surface area contributed by atoms with Gasteiger partial charge in [0.1, 0.15) is 18.0 Å². The molecule has 1 N–H and O–H groups in total. The Bertz CT molecular complexity index is 923. The summed E-state index contributed by atoms with van der Waals surface area (Å²) in [5.74, 6) is 1.82. The molecule has 27 heavy (non-hydrogen) atoms. The molecule has 1 aliphatic rings. The van der Waals surface area contributed by atoms with Crippen molar-refractivity contribution in [2.45, 2.75) is 32.6 Å². The third-order valence-corrected chi connectivity index (χ3v) is 5.10. The molecule has 1 aliphatic heterocycles. The standard InChI is InChI=1S/C20H22BrN5O/c1-13-10-26(11-14(2)27-13)19-6-3-15(8-22-19)9-23-20-17-7-16(21)4-5-18(17)24-12-25-20/h3-8,12-14H,9-11H2,1-2H3,(H,23,24,25). The lowest BCUT2D eigenvalue weighted by molar-refractivity contribution is -0.00545. The van der Waals surface area contributed by atoms with E-state index < -0.39 is 0 Å². The summed E-state index contributed by atoms with van der Waals surface area (Å²) in [7, 11) is 0. The molecule has 0 saturated carbocycles. The van der Waals surface area contributed by atoms with E-state index >= 15 is 0 Å². The largest absolute Gasteiger partial charge is 0.372 e. The normalized spacial score (nSPS) is 20.0. The zero-order valence-electron chi connectivity index (χ0n) is 15.4. The molecule has 1 aromatic carbocycles. The maximum absolute atomic E-state index is 5.80. The maximum Gasteiger partial charge on any atom is 0.137 e. The van der Waals surface area contributed by atoms with Crippen LogP contribution in [0.2, 0.25) is 0 Å². The minimum Gasteiger partial charge on any atom is -0.372 e. The number of nitrogens with one attached hydrogen (secondary N) is 1. The smallest absolute Gasteiger partial charge is 0.137 e. The van der Waals surface area contributed by atoms with E-state index in [9.17, 15) is 0 Å². The first-order valence-corrected chi connectivity index (χ1v) is 9.87. The van der Waals surface area contributed by atoms with E-state index in [1.807, 2.05) is 24.4 Å². The Balaban J connectivity index is 1.46. The van der Waals surface area contributed by atoms with Gasteiger partial charge < -0.3 is 15.0 Å². The molecule has 2 aromatic heterocycles.